The predicted molar refractivity (Wildman–Crippen MR) is 73.1 cm³/mol. The summed E-state index contributed by atoms with van der Waals surface area (Å²) in [6.45, 7) is 0. The first kappa shape index (κ1) is 10.6. The zero-order valence-electron chi connectivity index (χ0n) is 9.14. The molecule has 0 fully saturated rings. The average Bonchev–Trinajstić information content (AvgIpc) is 2.93. The van der Waals surface area contributed by atoms with Gasteiger partial charge in [0.25, 0.3) is 0 Å². The van der Waals surface area contributed by atoms with Crippen molar-refractivity contribution in [3.8, 4) is 10.6 Å². The van der Waals surface area contributed by atoms with Crippen molar-refractivity contribution in [2.24, 2.45) is 0 Å². The van der Waals surface area contributed by atoms with Crippen LogP contribution in [-0.2, 0) is 0 Å². The quantitative estimate of drug-likeness (QED) is 0.763. The fourth-order valence-electron chi connectivity index (χ4n) is 1.71. The van der Waals surface area contributed by atoms with Crippen LogP contribution >= 0.6 is 22.9 Å². The Bertz CT molecular complexity index is 671. The number of halogens is 1. The molecule has 0 bridgehead atoms. The summed E-state index contributed by atoms with van der Waals surface area (Å²) in [5.41, 5.74) is 2.94. The maximum Gasteiger partial charge on any atom is 0.139 e. The highest BCUT2D eigenvalue weighted by Crippen LogP contribution is 2.30. The summed E-state index contributed by atoms with van der Waals surface area (Å²) in [4.78, 5) is 5.67. The largest absolute Gasteiger partial charge is 0.388 e. The molecule has 3 aromatic rings. The van der Waals surface area contributed by atoms with Crippen LogP contribution in [0.2, 0.25) is 4.34 Å². The van der Waals surface area contributed by atoms with Crippen LogP contribution in [0.25, 0.3) is 16.2 Å². The fraction of sp³-hybridized carbons (Fsp3) is 0.0833. The van der Waals surface area contributed by atoms with E-state index >= 15 is 0 Å². The summed E-state index contributed by atoms with van der Waals surface area (Å²) in [6, 6.07) is 7.91. The minimum Gasteiger partial charge on any atom is -0.388 e. The number of pyridine rings is 1. The van der Waals surface area contributed by atoms with Crippen LogP contribution in [0.5, 0.6) is 0 Å². The molecule has 5 heteroatoms. The van der Waals surface area contributed by atoms with Crippen molar-refractivity contribution in [2.45, 2.75) is 0 Å². The van der Waals surface area contributed by atoms with Gasteiger partial charge in [0.2, 0.25) is 0 Å². The molecule has 17 heavy (non-hydrogen) atoms. The van der Waals surface area contributed by atoms with Crippen LogP contribution in [-0.4, -0.2) is 16.4 Å². The number of rotatable bonds is 2. The maximum absolute atomic E-state index is 5.93. The lowest BCUT2D eigenvalue weighted by atomic mass is 10.4. The van der Waals surface area contributed by atoms with E-state index in [1.54, 1.807) is 0 Å². The molecule has 0 radical (unpaired) electrons. The van der Waals surface area contributed by atoms with Gasteiger partial charge in [0.1, 0.15) is 5.65 Å². The molecule has 0 saturated carbocycles. The Morgan fingerprint density at radius 2 is 2.24 bits per heavy atom. The average molecular weight is 264 g/mol. The van der Waals surface area contributed by atoms with Crippen molar-refractivity contribution < 1.29 is 0 Å². The highest BCUT2D eigenvalue weighted by atomic mass is 35.5. The first-order valence-corrected chi connectivity index (χ1v) is 6.38. The minimum absolute atomic E-state index is 0.785. The van der Waals surface area contributed by atoms with Crippen LogP contribution < -0.4 is 5.32 Å². The normalized spacial score (nSPS) is 10.9. The Morgan fingerprint density at radius 3 is 2.94 bits per heavy atom. The van der Waals surface area contributed by atoms with Crippen molar-refractivity contribution in [3.63, 3.8) is 0 Å². The van der Waals surface area contributed by atoms with Crippen molar-refractivity contribution in [2.75, 3.05) is 12.4 Å². The summed E-state index contributed by atoms with van der Waals surface area (Å²) in [7, 11) is 1.90. The van der Waals surface area contributed by atoms with E-state index in [1.165, 1.54) is 11.3 Å². The first-order valence-electron chi connectivity index (χ1n) is 5.18. The Morgan fingerprint density at radius 1 is 1.35 bits per heavy atom. The first-order chi connectivity index (χ1) is 8.26. The van der Waals surface area contributed by atoms with Gasteiger partial charge in [-0.3, -0.25) is 0 Å². The molecule has 0 unspecified atom stereocenters. The van der Waals surface area contributed by atoms with Gasteiger partial charge in [0.15, 0.2) is 0 Å². The molecule has 3 nitrogen and oxygen atoms in total. The van der Waals surface area contributed by atoms with Crippen LogP contribution in [0.4, 0.5) is 5.69 Å². The van der Waals surface area contributed by atoms with Gasteiger partial charge in [-0.2, -0.15) is 0 Å². The summed E-state index contributed by atoms with van der Waals surface area (Å²) in [5.74, 6) is 0. The lowest BCUT2D eigenvalue weighted by molar-refractivity contribution is 1.18. The van der Waals surface area contributed by atoms with E-state index in [4.69, 9.17) is 11.6 Å². The Kier molecular flexibility index (Phi) is 2.53. The van der Waals surface area contributed by atoms with E-state index in [0.29, 0.717) is 0 Å². The molecular weight excluding hydrogens is 254 g/mol. The summed E-state index contributed by atoms with van der Waals surface area (Å²) < 4.78 is 2.79. The fourth-order valence-corrected chi connectivity index (χ4v) is 2.71. The maximum atomic E-state index is 5.93. The van der Waals surface area contributed by atoms with E-state index in [2.05, 4.69) is 10.3 Å². The third-order valence-corrected chi connectivity index (χ3v) is 3.83. The number of imidazole rings is 1. The predicted octanol–water partition coefficient (Wildman–Crippen LogP) is 3.76. The molecular formula is C12H10ClN3S. The van der Waals surface area contributed by atoms with E-state index in [1.807, 2.05) is 48.1 Å². The molecule has 0 spiro atoms. The number of anilines is 1. The number of aromatic nitrogens is 2. The molecule has 0 aliphatic rings. The van der Waals surface area contributed by atoms with Gasteiger partial charge >= 0.3 is 0 Å². The zero-order chi connectivity index (χ0) is 11.8. The van der Waals surface area contributed by atoms with E-state index in [0.717, 1.165) is 26.2 Å². The van der Waals surface area contributed by atoms with Crippen LogP contribution in [0, 0.1) is 0 Å². The van der Waals surface area contributed by atoms with Crippen LogP contribution in [0.1, 0.15) is 0 Å². The van der Waals surface area contributed by atoms with Gasteiger partial charge in [-0.15, -0.1) is 11.3 Å². The van der Waals surface area contributed by atoms with Crippen molar-refractivity contribution in [1.29, 1.82) is 0 Å². The molecule has 1 N–H and O–H groups in total. The second-order valence-electron chi connectivity index (χ2n) is 3.66. The number of hydrogen-bond donors (Lipinski definition) is 1. The molecule has 0 amide bonds. The molecule has 0 atom stereocenters. The second kappa shape index (κ2) is 4.05. The molecule has 0 aliphatic heterocycles. The zero-order valence-corrected chi connectivity index (χ0v) is 10.7. The van der Waals surface area contributed by atoms with Gasteiger partial charge in [-0.1, -0.05) is 11.6 Å². The van der Waals surface area contributed by atoms with Gasteiger partial charge in [0, 0.05) is 31.2 Å². The number of nitrogens with one attached hydrogen (secondary N) is 1. The smallest absolute Gasteiger partial charge is 0.139 e. The van der Waals surface area contributed by atoms with Gasteiger partial charge in [-0.05, 0) is 18.2 Å². The number of nitrogens with zero attached hydrogens (tertiary/aromatic N) is 2. The Labute approximate surface area is 108 Å². The number of thiophene rings is 1. The Hall–Kier alpha value is -1.52. The molecule has 0 aliphatic carbocycles. The van der Waals surface area contributed by atoms with Crippen molar-refractivity contribution >= 4 is 34.3 Å². The Balaban J connectivity index is 2.13. The minimum atomic E-state index is 0.785. The van der Waals surface area contributed by atoms with Gasteiger partial charge in [-0.25, -0.2) is 4.98 Å². The number of hydrogen-bond acceptors (Lipinski definition) is 3. The van der Waals surface area contributed by atoms with E-state index < -0.39 is 0 Å². The monoisotopic (exact) mass is 263 g/mol. The lowest BCUT2D eigenvalue weighted by Gasteiger charge is -1.98. The molecule has 3 heterocycles. The standard InChI is InChI=1S/C12H10ClN3S/c1-14-8-4-5-16-7-9(15-12(16)6-8)10-2-3-11(13)17-10/h2-7,14H,1H3. The van der Waals surface area contributed by atoms with Gasteiger partial charge < -0.3 is 9.72 Å². The van der Waals surface area contributed by atoms with Crippen molar-refractivity contribution in [1.82, 2.24) is 9.38 Å². The topological polar surface area (TPSA) is 29.3 Å². The van der Waals surface area contributed by atoms with E-state index in [9.17, 15) is 0 Å². The lowest BCUT2D eigenvalue weighted by Crippen LogP contribution is -1.89. The summed E-state index contributed by atoms with van der Waals surface area (Å²) in [5, 5.41) is 3.10. The highest BCUT2D eigenvalue weighted by Gasteiger charge is 2.07. The van der Waals surface area contributed by atoms with Gasteiger partial charge in [0.05, 0.1) is 14.9 Å². The SMILES string of the molecule is CNc1ccn2cc(-c3ccc(Cl)s3)nc2c1. The molecule has 0 saturated heterocycles. The van der Waals surface area contributed by atoms with Crippen LogP contribution in [0.3, 0.4) is 0 Å². The molecule has 0 aromatic carbocycles. The highest BCUT2D eigenvalue weighted by molar-refractivity contribution is 7.19. The summed E-state index contributed by atoms with van der Waals surface area (Å²) in [6.07, 6.45) is 4.00. The molecule has 86 valence electrons. The third kappa shape index (κ3) is 1.90. The second-order valence-corrected chi connectivity index (χ2v) is 5.38. The third-order valence-electron chi connectivity index (χ3n) is 2.57. The molecule has 3 aromatic heterocycles. The van der Waals surface area contributed by atoms with Crippen LogP contribution in [0.15, 0.2) is 36.7 Å². The molecule has 3 rings (SSSR count). The van der Waals surface area contributed by atoms with E-state index in [-0.39, 0.29) is 0 Å². The number of fused-ring (bicyclic) bond motifs is 1. The van der Waals surface area contributed by atoms with Crippen molar-refractivity contribution in [3.05, 3.63) is 41.0 Å². The summed E-state index contributed by atoms with van der Waals surface area (Å²) >= 11 is 7.47.